The molecule has 178 valence electrons. The van der Waals surface area contributed by atoms with Crippen molar-refractivity contribution in [1.82, 2.24) is 4.72 Å². The SMILES string of the molecule is NS(=O)(=O)c1cccc(-c2ccc(CSCc3ccc(C4=CC(=O)NS4([O-])[O-])c(Br)c3)cc2)c1. The number of hydrogen-bond acceptors (Lipinski definition) is 6. The van der Waals surface area contributed by atoms with Gasteiger partial charge in [-0.15, -0.1) is 0 Å². The number of rotatable bonds is 7. The minimum absolute atomic E-state index is 0.0433. The molecule has 0 unspecified atom stereocenters. The van der Waals surface area contributed by atoms with Crippen LogP contribution in [0.15, 0.2) is 82.2 Å². The molecule has 0 saturated carbocycles. The number of nitrogens with two attached hydrogens (primary N) is 1. The van der Waals surface area contributed by atoms with Crippen molar-refractivity contribution in [2.45, 2.75) is 16.4 Å². The van der Waals surface area contributed by atoms with Crippen LogP contribution in [-0.2, 0) is 26.3 Å². The first-order chi connectivity index (χ1) is 16.0. The third-order valence-corrected chi connectivity index (χ3v) is 9.10. The van der Waals surface area contributed by atoms with Gasteiger partial charge >= 0.3 is 0 Å². The number of nitrogens with one attached hydrogen (secondary N) is 1. The van der Waals surface area contributed by atoms with Crippen molar-refractivity contribution in [3.05, 3.63) is 94.0 Å². The highest BCUT2D eigenvalue weighted by atomic mass is 79.9. The first kappa shape index (κ1) is 25.0. The minimum Gasteiger partial charge on any atom is -0.779 e. The summed E-state index contributed by atoms with van der Waals surface area (Å²) in [6.45, 7) is 0. The predicted octanol–water partition coefficient (Wildman–Crippen LogP) is 4.65. The van der Waals surface area contributed by atoms with E-state index in [1.54, 1.807) is 30.0 Å². The van der Waals surface area contributed by atoms with E-state index in [-0.39, 0.29) is 9.80 Å². The smallest absolute Gasteiger partial charge is 0.259 e. The summed E-state index contributed by atoms with van der Waals surface area (Å²) >= 11 is 5.11. The summed E-state index contributed by atoms with van der Waals surface area (Å²) in [7, 11) is -7.58. The number of benzene rings is 3. The Morgan fingerprint density at radius 3 is 2.24 bits per heavy atom. The second-order valence-electron chi connectivity index (χ2n) is 7.56. The van der Waals surface area contributed by atoms with Gasteiger partial charge in [0.15, 0.2) is 0 Å². The van der Waals surface area contributed by atoms with Crippen LogP contribution in [0.25, 0.3) is 16.0 Å². The Bertz CT molecular complexity index is 1390. The fraction of sp³-hybridized carbons (Fsp3) is 0.0870. The molecule has 34 heavy (non-hydrogen) atoms. The zero-order valence-corrected chi connectivity index (χ0v) is 21.6. The van der Waals surface area contributed by atoms with E-state index in [9.17, 15) is 22.3 Å². The highest BCUT2D eigenvalue weighted by Crippen LogP contribution is 2.53. The van der Waals surface area contributed by atoms with E-state index < -0.39 is 26.7 Å². The number of primary sulfonamides is 1. The number of thioether (sulfide) groups is 1. The Morgan fingerprint density at radius 2 is 1.62 bits per heavy atom. The molecule has 1 heterocycles. The molecule has 3 N–H and O–H groups in total. The van der Waals surface area contributed by atoms with E-state index in [4.69, 9.17) is 5.14 Å². The van der Waals surface area contributed by atoms with Crippen molar-refractivity contribution < 1.29 is 22.3 Å². The molecule has 11 heteroatoms. The standard InChI is InChI=1S/C23H21BrN2O5S3/c24-21-10-16(6-9-20(21)22-12-23(27)26-34(22,30)31)14-32-13-15-4-7-17(8-5-15)18-2-1-3-19(11-18)33(25,28)29/h1-12,30-31H,13-14H2,(H,26,27)(H2,25,28,29)/p-2. The molecule has 0 bridgehead atoms. The minimum atomic E-state index is -3.82. The molecule has 3 aromatic rings. The normalized spacial score (nSPS) is 16.1. The van der Waals surface area contributed by atoms with E-state index in [1.165, 1.54) is 6.07 Å². The lowest BCUT2D eigenvalue weighted by Gasteiger charge is -2.57. The van der Waals surface area contributed by atoms with Gasteiger partial charge in [0, 0.05) is 32.5 Å². The van der Waals surface area contributed by atoms with Crippen molar-refractivity contribution >= 4 is 59.3 Å². The first-order valence-electron chi connectivity index (χ1n) is 9.90. The van der Waals surface area contributed by atoms with Crippen molar-refractivity contribution in [2.24, 2.45) is 5.14 Å². The van der Waals surface area contributed by atoms with Crippen LogP contribution in [0.1, 0.15) is 16.7 Å². The molecule has 0 fully saturated rings. The van der Waals surface area contributed by atoms with E-state index in [1.807, 2.05) is 47.2 Å². The van der Waals surface area contributed by atoms with Gasteiger partial charge in [0.05, 0.1) is 4.90 Å². The second-order valence-corrected chi connectivity index (χ2v) is 12.6. The van der Waals surface area contributed by atoms with E-state index in [0.717, 1.165) is 34.1 Å². The van der Waals surface area contributed by atoms with Crippen molar-refractivity contribution in [3.8, 4) is 11.1 Å². The summed E-state index contributed by atoms with van der Waals surface area (Å²) in [4.78, 5) is 11.5. The fourth-order valence-corrected chi connectivity index (χ4v) is 6.86. The maximum atomic E-state index is 12.1. The Morgan fingerprint density at radius 1 is 0.941 bits per heavy atom. The maximum absolute atomic E-state index is 12.1. The molecule has 0 saturated heterocycles. The summed E-state index contributed by atoms with van der Waals surface area (Å²) in [5.41, 5.74) is 4.22. The van der Waals surface area contributed by atoms with Gasteiger partial charge in [-0.25, -0.2) is 13.6 Å². The molecule has 0 radical (unpaired) electrons. The van der Waals surface area contributed by atoms with Gasteiger partial charge in [-0.1, -0.05) is 64.5 Å². The van der Waals surface area contributed by atoms with Crippen LogP contribution >= 0.6 is 38.5 Å². The Kier molecular flexibility index (Phi) is 7.25. The van der Waals surface area contributed by atoms with Crippen LogP contribution < -0.4 is 9.86 Å². The van der Waals surface area contributed by atoms with Gasteiger partial charge in [-0.05, 0) is 40.5 Å². The van der Waals surface area contributed by atoms with E-state index in [0.29, 0.717) is 15.8 Å². The molecule has 0 aliphatic carbocycles. The zero-order chi connectivity index (χ0) is 24.5. The van der Waals surface area contributed by atoms with Crippen LogP contribution in [-0.4, -0.2) is 23.4 Å². The average Bonchev–Trinajstić information content (AvgIpc) is 3.05. The van der Waals surface area contributed by atoms with Crippen LogP contribution in [0.5, 0.6) is 0 Å². The molecule has 0 atom stereocenters. The lowest BCUT2D eigenvalue weighted by molar-refractivity contribution is -0.114. The number of carbonyl (C=O) groups is 1. The first-order valence-corrected chi connectivity index (χ1v) is 14.9. The van der Waals surface area contributed by atoms with Crippen molar-refractivity contribution in [2.75, 3.05) is 0 Å². The lowest BCUT2D eigenvalue weighted by atomic mass is 10.0. The molecule has 3 aromatic carbocycles. The van der Waals surface area contributed by atoms with Crippen LogP contribution in [0, 0.1) is 0 Å². The molecule has 0 aromatic heterocycles. The third kappa shape index (κ3) is 5.74. The monoisotopic (exact) mass is 578 g/mol. The molecule has 1 aliphatic heterocycles. The number of amides is 1. The van der Waals surface area contributed by atoms with Crippen molar-refractivity contribution in [3.63, 3.8) is 0 Å². The predicted molar refractivity (Wildman–Crippen MR) is 138 cm³/mol. The zero-order valence-electron chi connectivity index (χ0n) is 17.6. The molecule has 0 spiro atoms. The molecule has 1 amide bonds. The number of halogens is 1. The van der Waals surface area contributed by atoms with E-state index >= 15 is 0 Å². The highest BCUT2D eigenvalue weighted by molar-refractivity contribution is 9.10. The molecule has 4 rings (SSSR count). The fourth-order valence-electron chi connectivity index (χ4n) is 3.42. The average molecular weight is 580 g/mol. The van der Waals surface area contributed by atoms with Gasteiger partial charge in [0.1, 0.15) is 0 Å². The maximum Gasteiger partial charge on any atom is 0.259 e. The summed E-state index contributed by atoms with van der Waals surface area (Å²) in [6, 6.07) is 19.8. The third-order valence-electron chi connectivity index (χ3n) is 5.07. The van der Waals surface area contributed by atoms with Gasteiger partial charge in [0.2, 0.25) is 10.0 Å². The quantitative estimate of drug-likeness (QED) is 0.419. The Hall–Kier alpha value is -2.12. The van der Waals surface area contributed by atoms with Gasteiger partial charge in [0.25, 0.3) is 5.91 Å². The van der Waals surface area contributed by atoms with Crippen molar-refractivity contribution in [1.29, 1.82) is 0 Å². The van der Waals surface area contributed by atoms with Gasteiger partial charge in [-0.3, -0.25) is 4.79 Å². The van der Waals surface area contributed by atoms with E-state index in [2.05, 4.69) is 15.9 Å². The van der Waals surface area contributed by atoms with Crippen LogP contribution in [0.4, 0.5) is 0 Å². The molecular formula is C23H19BrN2O5S3-2. The lowest BCUT2D eigenvalue weighted by Crippen LogP contribution is -2.19. The topological polar surface area (TPSA) is 135 Å². The summed E-state index contributed by atoms with van der Waals surface area (Å²) in [5.74, 6) is 0.819. The largest absolute Gasteiger partial charge is 0.779 e. The molecule has 7 nitrogen and oxygen atoms in total. The van der Waals surface area contributed by atoms with Crippen LogP contribution in [0.2, 0.25) is 0 Å². The second kappa shape index (κ2) is 9.86. The summed E-state index contributed by atoms with van der Waals surface area (Å²) < 4.78 is 49.8. The number of sulfonamides is 2. The van der Waals surface area contributed by atoms with Gasteiger partial charge in [-0.2, -0.15) is 11.8 Å². The summed E-state index contributed by atoms with van der Waals surface area (Å²) in [5, 5.41) is 5.22. The number of carbonyl (C=O) groups excluding carboxylic acids is 1. The highest BCUT2D eigenvalue weighted by Gasteiger charge is 2.19. The van der Waals surface area contributed by atoms with Crippen LogP contribution in [0.3, 0.4) is 0 Å². The Labute approximate surface area is 212 Å². The Balaban J connectivity index is 1.38. The van der Waals surface area contributed by atoms with Gasteiger partial charge < -0.3 is 24.6 Å². The molecule has 1 aliphatic rings. The number of hydrogen-bond donors (Lipinski definition) is 2. The summed E-state index contributed by atoms with van der Waals surface area (Å²) in [6.07, 6.45) is 1.08. The molecular weight excluding hydrogens is 560 g/mol.